The van der Waals surface area contributed by atoms with Crippen LogP contribution in [0.15, 0.2) is 24.5 Å². The summed E-state index contributed by atoms with van der Waals surface area (Å²) in [5, 5.41) is 12.6. The van der Waals surface area contributed by atoms with E-state index in [2.05, 4.69) is 21.4 Å². The predicted molar refractivity (Wildman–Crippen MR) is 67.4 cm³/mol. The van der Waals surface area contributed by atoms with Gasteiger partial charge in [-0.2, -0.15) is 5.26 Å². The summed E-state index contributed by atoms with van der Waals surface area (Å²) in [6, 6.07) is 6.91. The Hall–Kier alpha value is -2.22. The van der Waals surface area contributed by atoms with Crippen molar-refractivity contribution in [3.63, 3.8) is 0 Å². The van der Waals surface area contributed by atoms with E-state index in [4.69, 9.17) is 5.26 Å². The molecule has 2 aromatic rings. The minimum Gasteiger partial charge on any atom is -0.368 e. The van der Waals surface area contributed by atoms with Crippen LogP contribution >= 0.6 is 0 Å². The highest BCUT2D eigenvalue weighted by Gasteiger charge is 2.17. The van der Waals surface area contributed by atoms with Gasteiger partial charge in [-0.1, -0.05) is 6.07 Å². The largest absolute Gasteiger partial charge is 0.368 e. The van der Waals surface area contributed by atoms with Crippen LogP contribution in [0.2, 0.25) is 0 Å². The minimum atomic E-state index is -0.509. The van der Waals surface area contributed by atoms with Gasteiger partial charge in [-0.05, 0) is 26.0 Å². The first-order valence-electron chi connectivity index (χ1n) is 5.58. The molecule has 0 atom stereocenters. The molecule has 1 heterocycles. The summed E-state index contributed by atoms with van der Waals surface area (Å²) in [7, 11) is 0. The first kappa shape index (κ1) is 12.2. The molecule has 0 radical (unpaired) electrons. The van der Waals surface area contributed by atoms with Crippen LogP contribution < -0.4 is 5.32 Å². The Balaban J connectivity index is 2.35. The quantitative estimate of drug-likeness (QED) is 0.901. The lowest BCUT2D eigenvalue weighted by Crippen LogP contribution is -2.21. The van der Waals surface area contributed by atoms with Crippen LogP contribution in [0.25, 0.3) is 10.9 Å². The fourth-order valence-corrected chi connectivity index (χ4v) is 1.54. The second kappa shape index (κ2) is 4.57. The Morgan fingerprint density at radius 2 is 2.17 bits per heavy atom. The number of benzene rings is 1. The van der Waals surface area contributed by atoms with Gasteiger partial charge < -0.3 is 5.32 Å². The van der Waals surface area contributed by atoms with Gasteiger partial charge in [0.2, 0.25) is 0 Å². The highest BCUT2D eigenvalue weighted by atomic mass is 19.1. The number of nitrogens with zero attached hydrogens (tertiary/aromatic N) is 3. The van der Waals surface area contributed by atoms with Crippen molar-refractivity contribution < 1.29 is 4.39 Å². The number of hydrogen-bond acceptors (Lipinski definition) is 4. The Morgan fingerprint density at radius 3 is 2.89 bits per heavy atom. The summed E-state index contributed by atoms with van der Waals surface area (Å²) in [5.41, 5.74) is -0.227. The summed E-state index contributed by atoms with van der Waals surface area (Å²) >= 11 is 0. The molecular formula is C13H13FN4. The Morgan fingerprint density at radius 1 is 1.39 bits per heavy atom. The van der Waals surface area contributed by atoms with Crippen LogP contribution in [0.3, 0.4) is 0 Å². The van der Waals surface area contributed by atoms with E-state index in [0.29, 0.717) is 17.7 Å². The van der Waals surface area contributed by atoms with E-state index in [0.717, 1.165) is 0 Å². The molecule has 4 nitrogen and oxygen atoms in total. The third-order valence-electron chi connectivity index (χ3n) is 2.62. The second-order valence-corrected chi connectivity index (χ2v) is 4.71. The first-order chi connectivity index (χ1) is 8.53. The maximum absolute atomic E-state index is 13.5. The van der Waals surface area contributed by atoms with Gasteiger partial charge in [0.15, 0.2) is 0 Å². The fraction of sp³-hybridized carbons (Fsp3) is 0.308. The van der Waals surface area contributed by atoms with E-state index >= 15 is 0 Å². The van der Waals surface area contributed by atoms with Gasteiger partial charge in [-0.3, -0.25) is 0 Å². The summed E-state index contributed by atoms with van der Waals surface area (Å²) in [6.07, 6.45) is 1.31. The Bertz CT molecular complexity index is 616. The standard InChI is InChI=1S/C13H13FN4/c1-13(2,6-15)7-16-12-9-4-3-5-10(14)11(9)17-8-18-12/h3-5,8H,7H2,1-2H3,(H,16,17,18). The predicted octanol–water partition coefficient (Wildman–Crippen LogP) is 2.73. The molecule has 0 saturated heterocycles. The molecule has 1 aromatic heterocycles. The molecular weight excluding hydrogens is 231 g/mol. The van der Waals surface area contributed by atoms with Crippen molar-refractivity contribution in [3.8, 4) is 6.07 Å². The van der Waals surface area contributed by atoms with E-state index < -0.39 is 5.41 Å². The van der Waals surface area contributed by atoms with Gasteiger partial charge in [0.05, 0.1) is 11.5 Å². The topological polar surface area (TPSA) is 61.6 Å². The van der Waals surface area contributed by atoms with E-state index in [1.54, 1.807) is 12.1 Å². The SMILES string of the molecule is CC(C)(C#N)CNc1ncnc2c(F)cccc12. The van der Waals surface area contributed by atoms with E-state index in [9.17, 15) is 4.39 Å². The number of rotatable bonds is 3. The lowest BCUT2D eigenvalue weighted by molar-refractivity contribution is 0.528. The summed E-state index contributed by atoms with van der Waals surface area (Å²) in [4.78, 5) is 8.00. The van der Waals surface area contributed by atoms with Crippen molar-refractivity contribution in [1.82, 2.24) is 9.97 Å². The van der Waals surface area contributed by atoms with Crippen LogP contribution in [-0.4, -0.2) is 16.5 Å². The average molecular weight is 244 g/mol. The second-order valence-electron chi connectivity index (χ2n) is 4.71. The molecule has 0 spiro atoms. The molecule has 0 aliphatic carbocycles. The van der Waals surface area contributed by atoms with Crippen LogP contribution in [0, 0.1) is 22.6 Å². The first-order valence-corrected chi connectivity index (χ1v) is 5.58. The lowest BCUT2D eigenvalue weighted by atomic mass is 9.96. The molecule has 5 heteroatoms. The maximum Gasteiger partial charge on any atom is 0.149 e. The number of fused-ring (bicyclic) bond motifs is 1. The van der Waals surface area contributed by atoms with Crippen molar-refractivity contribution in [2.24, 2.45) is 5.41 Å². The zero-order valence-corrected chi connectivity index (χ0v) is 10.2. The number of anilines is 1. The normalized spacial score (nSPS) is 11.2. The number of para-hydroxylation sites is 1. The third kappa shape index (κ3) is 2.38. The molecule has 0 fully saturated rings. The molecule has 0 saturated carbocycles. The van der Waals surface area contributed by atoms with Crippen molar-refractivity contribution >= 4 is 16.7 Å². The fourth-order valence-electron chi connectivity index (χ4n) is 1.54. The summed E-state index contributed by atoms with van der Waals surface area (Å²) in [6.45, 7) is 4.08. The average Bonchev–Trinajstić information content (AvgIpc) is 2.37. The van der Waals surface area contributed by atoms with Gasteiger partial charge in [0.25, 0.3) is 0 Å². The van der Waals surface area contributed by atoms with Gasteiger partial charge >= 0.3 is 0 Å². The van der Waals surface area contributed by atoms with Gasteiger partial charge in [0, 0.05) is 11.9 Å². The highest BCUT2D eigenvalue weighted by Crippen LogP contribution is 2.22. The Kier molecular flexibility index (Phi) is 3.11. The molecule has 92 valence electrons. The zero-order chi connectivity index (χ0) is 13.2. The van der Waals surface area contributed by atoms with Crippen molar-refractivity contribution in [2.45, 2.75) is 13.8 Å². The monoisotopic (exact) mass is 244 g/mol. The molecule has 1 N–H and O–H groups in total. The van der Waals surface area contributed by atoms with Crippen LogP contribution in [0.1, 0.15) is 13.8 Å². The smallest absolute Gasteiger partial charge is 0.149 e. The molecule has 1 aromatic carbocycles. The van der Waals surface area contributed by atoms with Crippen LogP contribution in [-0.2, 0) is 0 Å². The van der Waals surface area contributed by atoms with E-state index in [-0.39, 0.29) is 11.3 Å². The van der Waals surface area contributed by atoms with Gasteiger partial charge in [-0.25, -0.2) is 14.4 Å². The number of nitrogens with one attached hydrogen (secondary N) is 1. The highest BCUT2D eigenvalue weighted by molar-refractivity contribution is 5.89. The Labute approximate surface area is 104 Å². The molecule has 0 aliphatic heterocycles. The third-order valence-corrected chi connectivity index (χ3v) is 2.62. The van der Waals surface area contributed by atoms with Crippen molar-refractivity contribution in [1.29, 1.82) is 5.26 Å². The van der Waals surface area contributed by atoms with Gasteiger partial charge in [-0.15, -0.1) is 0 Å². The number of nitriles is 1. The number of halogens is 1. The van der Waals surface area contributed by atoms with Crippen LogP contribution in [0.5, 0.6) is 0 Å². The summed E-state index contributed by atoms with van der Waals surface area (Å²) < 4.78 is 13.5. The molecule has 0 aliphatic rings. The van der Waals surface area contributed by atoms with Crippen molar-refractivity contribution in [3.05, 3.63) is 30.3 Å². The lowest BCUT2D eigenvalue weighted by Gasteiger charge is -2.17. The summed E-state index contributed by atoms with van der Waals surface area (Å²) in [5.74, 6) is 0.167. The minimum absolute atomic E-state index is 0.282. The maximum atomic E-state index is 13.5. The molecule has 0 amide bonds. The van der Waals surface area contributed by atoms with E-state index in [1.807, 2.05) is 13.8 Å². The molecule has 0 unspecified atom stereocenters. The zero-order valence-electron chi connectivity index (χ0n) is 10.2. The number of aromatic nitrogens is 2. The molecule has 18 heavy (non-hydrogen) atoms. The van der Waals surface area contributed by atoms with Crippen molar-refractivity contribution in [2.75, 3.05) is 11.9 Å². The molecule has 2 rings (SSSR count). The van der Waals surface area contributed by atoms with Gasteiger partial charge in [0.1, 0.15) is 23.5 Å². The molecule has 0 bridgehead atoms. The number of hydrogen-bond donors (Lipinski definition) is 1. The van der Waals surface area contributed by atoms with E-state index in [1.165, 1.54) is 12.4 Å². The van der Waals surface area contributed by atoms with Crippen LogP contribution in [0.4, 0.5) is 10.2 Å².